The SMILES string of the molecule is O=C(c1ccc(I)cc1)c1cc(Br)ccc1Br. The molecule has 86 valence electrons. The fraction of sp³-hybridized carbons (Fsp3) is 0. The minimum Gasteiger partial charge on any atom is -0.289 e. The van der Waals surface area contributed by atoms with Crippen molar-refractivity contribution in [3.05, 3.63) is 66.1 Å². The third kappa shape index (κ3) is 3.17. The molecule has 0 aliphatic rings. The minimum absolute atomic E-state index is 0.0228. The zero-order valence-electron chi connectivity index (χ0n) is 8.58. The summed E-state index contributed by atoms with van der Waals surface area (Å²) in [5.41, 5.74) is 1.37. The predicted octanol–water partition coefficient (Wildman–Crippen LogP) is 5.05. The molecule has 0 unspecified atom stereocenters. The van der Waals surface area contributed by atoms with Crippen LogP contribution in [-0.4, -0.2) is 5.78 Å². The highest BCUT2D eigenvalue weighted by molar-refractivity contribution is 14.1. The minimum atomic E-state index is 0.0228. The Balaban J connectivity index is 2.43. The van der Waals surface area contributed by atoms with E-state index in [1.54, 1.807) is 0 Å². The summed E-state index contributed by atoms with van der Waals surface area (Å²) in [5, 5.41) is 0. The lowest BCUT2D eigenvalue weighted by molar-refractivity contribution is 0.103. The Hall–Kier alpha value is -0.200. The summed E-state index contributed by atoms with van der Waals surface area (Å²) in [6, 6.07) is 13.1. The van der Waals surface area contributed by atoms with Crippen LogP contribution in [0.2, 0.25) is 0 Å². The molecule has 0 bridgehead atoms. The van der Waals surface area contributed by atoms with Crippen LogP contribution in [0.5, 0.6) is 0 Å². The van der Waals surface area contributed by atoms with Gasteiger partial charge in [-0.2, -0.15) is 0 Å². The number of hydrogen-bond acceptors (Lipinski definition) is 1. The maximum atomic E-state index is 12.3. The highest BCUT2D eigenvalue weighted by atomic mass is 127. The first-order chi connectivity index (χ1) is 8.08. The molecule has 2 aromatic carbocycles. The number of benzene rings is 2. The van der Waals surface area contributed by atoms with E-state index in [1.807, 2.05) is 42.5 Å². The summed E-state index contributed by atoms with van der Waals surface area (Å²) in [6.45, 7) is 0. The predicted molar refractivity (Wildman–Crippen MR) is 84.4 cm³/mol. The normalized spacial score (nSPS) is 10.3. The van der Waals surface area contributed by atoms with E-state index in [4.69, 9.17) is 0 Å². The van der Waals surface area contributed by atoms with Gasteiger partial charge < -0.3 is 0 Å². The molecule has 1 nitrogen and oxygen atoms in total. The Morgan fingerprint density at radius 1 is 1.00 bits per heavy atom. The molecule has 2 rings (SSSR count). The molecular formula is C13H7Br2IO. The first-order valence-corrected chi connectivity index (χ1v) is 7.50. The first kappa shape index (κ1) is 13.2. The maximum absolute atomic E-state index is 12.3. The van der Waals surface area contributed by atoms with Gasteiger partial charge >= 0.3 is 0 Å². The third-order valence-corrected chi connectivity index (χ3v) is 4.18. The summed E-state index contributed by atoms with van der Waals surface area (Å²) in [6.07, 6.45) is 0. The Bertz CT molecular complexity index is 564. The van der Waals surface area contributed by atoms with Crippen molar-refractivity contribution in [3.8, 4) is 0 Å². The monoisotopic (exact) mass is 464 g/mol. The molecule has 4 heteroatoms. The van der Waals surface area contributed by atoms with Crippen LogP contribution in [0.4, 0.5) is 0 Å². The Morgan fingerprint density at radius 3 is 2.29 bits per heavy atom. The molecule has 0 aliphatic carbocycles. The fourth-order valence-electron chi connectivity index (χ4n) is 1.43. The van der Waals surface area contributed by atoms with Crippen molar-refractivity contribution in [1.82, 2.24) is 0 Å². The Kier molecular flexibility index (Phi) is 4.38. The lowest BCUT2D eigenvalue weighted by atomic mass is 10.0. The van der Waals surface area contributed by atoms with Crippen LogP contribution in [0.1, 0.15) is 15.9 Å². The van der Waals surface area contributed by atoms with Crippen molar-refractivity contribution in [1.29, 1.82) is 0 Å². The van der Waals surface area contributed by atoms with Crippen molar-refractivity contribution < 1.29 is 4.79 Å². The largest absolute Gasteiger partial charge is 0.289 e. The molecule has 0 aliphatic heterocycles. The molecule has 0 aromatic heterocycles. The van der Waals surface area contributed by atoms with Crippen LogP contribution in [0.15, 0.2) is 51.4 Å². The highest BCUT2D eigenvalue weighted by Crippen LogP contribution is 2.24. The van der Waals surface area contributed by atoms with Crippen molar-refractivity contribution >= 4 is 60.2 Å². The van der Waals surface area contributed by atoms with Crippen LogP contribution in [0.3, 0.4) is 0 Å². The van der Waals surface area contributed by atoms with Gasteiger partial charge in [0.25, 0.3) is 0 Å². The number of rotatable bonds is 2. The van der Waals surface area contributed by atoms with E-state index in [0.717, 1.165) is 12.5 Å². The number of halogens is 3. The van der Waals surface area contributed by atoms with Crippen molar-refractivity contribution in [2.75, 3.05) is 0 Å². The second-order valence-corrected chi connectivity index (χ2v) is 6.48. The van der Waals surface area contributed by atoms with E-state index in [0.29, 0.717) is 11.1 Å². The van der Waals surface area contributed by atoms with Gasteiger partial charge in [0, 0.05) is 23.6 Å². The summed E-state index contributed by atoms with van der Waals surface area (Å²) in [5.74, 6) is 0.0228. The van der Waals surface area contributed by atoms with Crippen LogP contribution >= 0.6 is 54.5 Å². The Labute approximate surface area is 130 Å². The van der Waals surface area contributed by atoms with Gasteiger partial charge in [-0.25, -0.2) is 0 Å². The molecule has 17 heavy (non-hydrogen) atoms. The van der Waals surface area contributed by atoms with Gasteiger partial charge in [-0.1, -0.05) is 31.9 Å². The molecule has 0 saturated heterocycles. The van der Waals surface area contributed by atoms with Crippen LogP contribution in [0, 0.1) is 3.57 Å². The van der Waals surface area contributed by atoms with Gasteiger partial charge in [-0.05, 0) is 65.1 Å². The molecule has 0 saturated carbocycles. The second kappa shape index (κ2) is 5.63. The van der Waals surface area contributed by atoms with Crippen LogP contribution in [-0.2, 0) is 0 Å². The van der Waals surface area contributed by atoms with Gasteiger partial charge in [-0.15, -0.1) is 0 Å². The zero-order valence-corrected chi connectivity index (χ0v) is 13.9. The molecular weight excluding hydrogens is 459 g/mol. The lowest BCUT2D eigenvalue weighted by Crippen LogP contribution is -2.02. The molecule has 0 spiro atoms. The van der Waals surface area contributed by atoms with Gasteiger partial charge in [-0.3, -0.25) is 4.79 Å². The summed E-state index contributed by atoms with van der Waals surface area (Å²) < 4.78 is 2.83. The average Bonchev–Trinajstić information content (AvgIpc) is 2.32. The quantitative estimate of drug-likeness (QED) is 0.448. The highest BCUT2D eigenvalue weighted by Gasteiger charge is 2.12. The molecule has 0 N–H and O–H groups in total. The molecule has 0 atom stereocenters. The summed E-state index contributed by atoms with van der Waals surface area (Å²) in [4.78, 5) is 12.3. The molecule has 0 amide bonds. The van der Waals surface area contributed by atoms with E-state index in [2.05, 4.69) is 54.5 Å². The number of carbonyl (C=O) groups excluding carboxylic acids is 1. The van der Waals surface area contributed by atoms with Gasteiger partial charge in [0.15, 0.2) is 5.78 Å². The fourth-order valence-corrected chi connectivity index (χ4v) is 2.58. The van der Waals surface area contributed by atoms with Crippen molar-refractivity contribution in [2.45, 2.75) is 0 Å². The number of carbonyl (C=O) groups is 1. The van der Waals surface area contributed by atoms with Crippen molar-refractivity contribution in [2.24, 2.45) is 0 Å². The second-order valence-electron chi connectivity index (χ2n) is 3.46. The van der Waals surface area contributed by atoms with E-state index in [1.165, 1.54) is 0 Å². The first-order valence-electron chi connectivity index (χ1n) is 4.83. The maximum Gasteiger partial charge on any atom is 0.194 e. The molecule has 0 radical (unpaired) electrons. The molecule has 0 heterocycles. The topological polar surface area (TPSA) is 17.1 Å². The van der Waals surface area contributed by atoms with E-state index in [-0.39, 0.29) is 5.78 Å². The molecule has 0 fully saturated rings. The zero-order chi connectivity index (χ0) is 12.4. The van der Waals surface area contributed by atoms with E-state index in [9.17, 15) is 4.79 Å². The van der Waals surface area contributed by atoms with Gasteiger partial charge in [0.1, 0.15) is 0 Å². The number of ketones is 1. The summed E-state index contributed by atoms with van der Waals surface area (Å²) in [7, 11) is 0. The Morgan fingerprint density at radius 2 is 1.65 bits per heavy atom. The van der Waals surface area contributed by atoms with Crippen LogP contribution in [0.25, 0.3) is 0 Å². The molecule has 2 aromatic rings. The van der Waals surface area contributed by atoms with E-state index >= 15 is 0 Å². The van der Waals surface area contributed by atoms with E-state index < -0.39 is 0 Å². The summed E-state index contributed by atoms with van der Waals surface area (Å²) >= 11 is 8.99. The van der Waals surface area contributed by atoms with Gasteiger partial charge in [0.2, 0.25) is 0 Å². The third-order valence-electron chi connectivity index (χ3n) is 2.28. The average molecular weight is 466 g/mol. The smallest absolute Gasteiger partial charge is 0.194 e. The number of hydrogen-bond donors (Lipinski definition) is 0. The lowest BCUT2D eigenvalue weighted by Gasteiger charge is -2.04. The van der Waals surface area contributed by atoms with Gasteiger partial charge in [0.05, 0.1) is 0 Å². The standard InChI is InChI=1S/C13H7Br2IO/c14-9-3-6-12(15)11(7-9)13(17)8-1-4-10(16)5-2-8/h1-7H. The van der Waals surface area contributed by atoms with Crippen molar-refractivity contribution in [3.63, 3.8) is 0 Å². The van der Waals surface area contributed by atoms with Crippen LogP contribution < -0.4 is 0 Å².